The zero-order chi connectivity index (χ0) is 17.1. The van der Waals surface area contributed by atoms with Crippen molar-refractivity contribution in [3.63, 3.8) is 0 Å². The van der Waals surface area contributed by atoms with Gasteiger partial charge in [0, 0.05) is 17.3 Å². The van der Waals surface area contributed by atoms with Gasteiger partial charge in [0.2, 0.25) is 0 Å². The molecule has 0 aliphatic carbocycles. The van der Waals surface area contributed by atoms with Crippen molar-refractivity contribution < 1.29 is 19.1 Å². The van der Waals surface area contributed by atoms with Gasteiger partial charge in [0.15, 0.2) is 0 Å². The monoisotopic (exact) mass is 319 g/mol. The van der Waals surface area contributed by atoms with E-state index in [-0.39, 0.29) is 17.7 Å². The van der Waals surface area contributed by atoms with Crippen LogP contribution in [0, 0.1) is 19.7 Å². The highest BCUT2D eigenvalue weighted by Gasteiger charge is 2.16. The molecule has 0 aliphatic rings. The number of nitrogens with one attached hydrogen (secondary N) is 1. The van der Waals surface area contributed by atoms with E-state index in [1.54, 1.807) is 6.92 Å². The summed E-state index contributed by atoms with van der Waals surface area (Å²) in [7, 11) is 0. The van der Waals surface area contributed by atoms with Crippen LogP contribution in [0.5, 0.6) is 0 Å². The number of aryl methyl sites for hydroxylation is 2. The highest BCUT2D eigenvalue weighted by molar-refractivity contribution is 5.94. The predicted octanol–water partition coefficient (Wildman–Crippen LogP) is 2.22. The first-order valence-electron chi connectivity index (χ1n) is 7.13. The number of hydrogen-bond acceptors (Lipinski definition) is 3. The van der Waals surface area contributed by atoms with Crippen molar-refractivity contribution in [2.24, 2.45) is 0 Å². The summed E-state index contributed by atoms with van der Waals surface area (Å²) in [5.74, 6) is -2.10. The normalized spacial score (nSPS) is 12.0. The first-order valence-corrected chi connectivity index (χ1v) is 7.13. The van der Waals surface area contributed by atoms with Gasteiger partial charge in [-0.1, -0.05) is 0 Å². The Kier molecular flexibility index (Phi) is 4.78. The number of carboxylic acid groups (broad SMARTS) is 1. The van der Waals surface area contributed by atoms with Crippen LogP contribution in [-0.2, 0) is 4.79 Å². The van der Waals surface area contributed by atoms with E-state index in [9.17, 15) is 14.0 Å². The molecule has 1 heterocycles. The molecular formula is C16H18FN3O3. The van der Waals surface area contributed by atoms with Crippen molar-refractivity contribution in [3.05, 3.63) is 47.0 Å². The summed E-state index contributed by atoms with van der Waals surface area (Å²) in [6, 6.07) is 5.37. The van der Waals surface area contributed by atoms with Gasteiger partial charge in [0.1, 0.15) is 11.5 Å². The fourth-order valence-electron chi connectivity index (χ4n) is 2.31. The summed E-state index contributed by atoms with van der Waals surface area (Å²) in [6.45, 7) is 5.20. The standard InChI is InChI=1S/C16H18FN3O3/c1-9(7-15(21)22)18-16(23)12-4-5-14(13(17)8-12)20-11(3)6-10(2)19-20/h4-6,8-9H,7H2,1-3H3,(H,18,23)(H,21,22)/t9-/m0/s1. The molecule has 0 radical (unpaired) electrons. The molecule has 1 atom stereocenters. The van der Waals surface area contributed by atoms with E-state index in [4.69, 9.17) is 5.11 Å². The summed E-state index contributed by atoms with van der Waals surface area (Å²) < 4.78 is 15.8. The molecule has 2 aromatic rings. The van der Waals surface area contributed by atoms with Crippen LogP contribution in [-0.4, -0.2) is 32.8 Å². The Morgan fingerprint density at radius 1 is 1.35 bits per heavy atom. The Morgan fingerprint density at radius 3 is 2.57 bits per heavy atom. The van der Waals surface area contributed by atoms with E-state index >= 15 is 0 Å². The van der Waals surface area contributed by atoms with Crippen LogP contribution >= 0.6 is 0 Å². The van der Waals surface area contributed by atoms with Gasteiger partial charge in [-0.3, -0.25) is 9.59 Å². The molecule has 0 aliphatic heterocycles. The maximum Gasteiger partial charge on any atom is 0.305 e. The second-order valence-electron chi connectivity index (χ2n) is 5.48. The van der Waals surface area contributed by atoms with Crippen LogP contribution in [0.2, 0.25) is 0 Å². The molecular weight excluding hydrogens is 301 g/mol. The molecule has 0 bridgehead atoms. The summed E-state index contributed by atoms with van der Waals surface area (Å²) >= 11 is 0. The topological polar surface area (TPSA) is 84.2 Å². The third-order valence-corrected chi connectivity index (χ3v) is 3.31. The van der Waals surface area contributed by atoms with Crippen LogP contribution in [0.3, 0.4) is 0 Å². The number of rotatable bonds is 5. The number of hydrogen-bond donors (Lipinski definition) is 2. The number of nitrogens with zero attached hydrogens (tertiary/aromatic N) is 2. The molecule has 1 aromatic heterocycles. The molecule has 2 N–H and O–H groups in total. The summed E-state index contributed by atoms with van der Waals surface area (Å²) in [5, 5.41) is 15.4. The van der Waals surface area contributed by atoms with Crippen molar-refractivity contribution in [1.82, 2.24) is 15.1 Å². The van der Waals surface area contributed by atoms with Crippen molar-refractivity contribution >= 4 is 11.9 Å². The number of aromatic nitrogens is 2. The third kappa shape index (κ3) is 3.94. The van der Waals surface area contributed by atoms with Crippen molar-refractivity contribution in [2.45, 2.75) is 33.2 Å². The first kappa shape index (κ1) is 16.7. The van der Waals surface area contributed by atoms with Crippen LogP contribution in [0.1, 0.15) is 35.1 Å². The van der Waals surface area contributed by atoms with Gasteiger partial charge in [-0.2, -0.15) is 5.10 Å². The second-order valence-corrected chi connectivity index (χ2v) is 5.48. The number of carbonyl (C=O) groups excluding carboxylic acids is 1. The Bertz CT molecular complexity index is 755. The lowest BCUT2D eigenvalue weighted by molar-refractivity contribution is -0.137. The maximum absolute atomic E-state index is 14.3. The predicted molar refractivity (Wildman–Crippen MR) is 82.2 cm³/mol. The molecule has 6 nitrogen and oxygen atoms in total. The molecule has 7 heteroatoms. The largest absolute Gasteiger partial charge is 0.481 e. The van der Waals surface area contributed by atoms with Gasteiger partial charge in [-0.15, -0.1) is 0 Å². The fourth-order valence-corrected chi connectivity index (χ4v) is 2.31. The Balaban J connectivity index is 2.20. The Morgan fingerprint density at radius 2 is 2.04 bits per heavy atom. The zero-order valence-electron chi connectivity index (χ0n) is 13.1. The third-order valence-electron chi connectivity index (χ3n) is 3.31. The summed E-state index contributed by atoms with van der Waals surface area (Å²) in [4.78, 5) is 22.6. The lowest BCUT2D eigenvalue weighted by Crippen LogP contribution is -2.34. The lowest BCUT2D eigenvalue weighted by atomic mass is 10.1. The molecule has 0 fully saturated rings. The quantitative estimate of drug-likeness (QED) is 0.885. The molecule has 122 valence electrons. The number of aliphatic carboxylic acids is 1. The fraction of sp³-hybridized carbons (Fsp3) is 0.312. The average Bonchev–Trinajstić information content (AvgIpc) is 2.76. The van der Waals surface area contributed by atoms with Crippen molar-refractivity contribution in [2.75, 3.05) is 0 Å². The van der Waals surface area contributed by atoms with E-state index in [1.807, 2.05) is 19.9 Å². The number of benzene rings is 1. The minimum absolute atomic E-state index is 0.130. The number of amides is 1. The SMILES string of the molecule is Cc1cc(C)n(-c2ccc(C(=O)N[C@@H](C)CC(=O)O)cc2F)n1. The van der Waals surface area contributed by atoms with Crippen molar-refractivity contribution in [3.8, 4) is 5.69 Å². The van der Waals surface area contributed by atoms with Gasteiger partial charge >= 0.3 is 5.97 Å². The van der Waals surface area contributed by atoms with Crippen LogP contribution in [0.4, 0.5) is 4.39 Å². The summed E-state index contributed by atoms with van der Waals surface area (Å²) in [5.41, 5.74) is 1.94. The van der Waals surface area contributed by atoms with Gasteiger partial charge in [-0.25, -0.2) is 9.07 Å². The van der Waals surface area contributed by atoms with Crippen LogP contribution in [0.25, 0.3) is 5.69 Å². The highest BCUT2D eigenvalue weighted by atomic mass is 19.1. The molecule has 1 aromatic carbocycles. The van der Waals surface area contributed by atoms with E-state index < -0.39 is 23.7 Å². The average molecular weight is 319 g/mol. The molecule has 1 amide bonds. The molecule has 0 saturated carbocycles. The van der Waals surface area contributed by atoms with Gasteiger partial charge in [0.25, 0.3) is 5.91 Å². The van der Waals surface area contributed by atoms with E-state index in [1.165, 1.54) is 16.8 Å². The molecule has 0 unspecified atom stereocenters. The maximum atomic E-state index is 14.3. The van der Waals surface area contributed by atoms with Gasteiger partial charge < -0.3 is 10.4 Å². The number of carbonyl (C=O) groups is 2. The smallest absolute Gasteiger partial charge is 0.305 e. The van der Waals surface area contributed by atoms with Gasteiger partial charge in [0.05, 0.1) is 12.1 Å². The molecule has 0 spiro atoms. The van der Waals surface area contributed by atoms with E-state index in [2.05, 4.69) is 10.4 Å². The molecule has 2 rings (SSSR count). The Labute approximate surface area is 132 Å². The van der Waals surface area contributed by atoms with E-state index in [0.29, 0.717) is 0 Å². The number of halogens is 1. The first-order chi connectivity index (χ1) is 10.8. The minimum Gasteiger partial charge on any atom is -0.481 e. The van der Waals surface area contributed by atoms with E-state index in [0.717, 1.165) is 17.5 Å². The highest BCUT2D eigenvalue weighted by Crippen LogP contribution is 2.17. The van der Waals surface area contributed by atoms with Crippen LogP contribution in [0.15, 0.2) is 24.3 Å². The van der Waals surface area contributed by atoms with Crippen molar-refractivity contribution in [1.29, 1.82) is 0 Å². The summed E-state index contributed by atoms with van der Waals surface area (Å²) in [6.07, 6.45) is -0.196. The van der Waals surface area contributed by atoms with Gasteiger partial charge in [-0.05, 0) is 45.0 Å². The Hall–Kier alpha value is -2.70. The second kappa shape index (κ2) is 6.60. The van der Waals surface area contributed by atoms with Crippen LogP contribution < -0.4 is 5.32 Å². The minimum atomic E-state index is -1.01. The lowest BCUT2D eigenvalue weighted by Gasteiger charge is -2.12. The molecule has 0 saturated heterocycles. The zero-order valence-corrected chi connectivity index (χ0v) is 13.1. The molecule has 23 heavy (non-hydrogen) atoms. The number of carboxylic acids is 1.